The van der Waals surface area contributed by atoms with E-state index in [0.717, 1.165) is 5.39 Å². The van der Waals surface area contributed by atoms with Crippen molar-refractivity contribution in [2.45, 2.75) is 11.8 Å². The van der Waals surface area contributed by atoms with Gasteiger partial charge in [0.1, 0.15) is 4.90 Å². The van der Waals surface area contributed by atoms with Crippen molar-refractivity contribution in [1.82, 2.24) is 0 Å². The maximum absolute atomic E-state index is 11.9. The molecule has 0 bridgehead atoms. The van der Waals surface area contributed by atoms with Crippen LogP contribution in [0, 0.1) is 0 Å². The summed E-state index contributed by atoms with van der Waals surface area (Å²) >= 11 is 0. The molecule has 0 heterocycles. The van der Waals surface area contributed by atoms with Crippen LogP contribution in [0.2, 0.25) is 0 Å². The molecule has 88 valence electrons. The zero-order valence-corrected chi connectivity index (χ0v) is 10.0. The molecule has 0 fully saturated rings. The Morgan fingerprint density at radius 3 is 2.59 bits per heavy atom. The van der Waals surface area contributed by atoms with E-state index in [2.05, 4.69) is 9.44 Å². The Labute approximate surface area is 99.6 Å². The van der Waals surface area contributed by atoms with E-state index >= 15 is 0 Å². The Bertz CT molecular complexity index is 657. The van der Waals surface area contributed by atoms with Gasteiger partial charge in [0, 0.05) is 11.6 Å². The number of fused-ring (bicyclic) bond motifs is 1. The molecule has 0 unspecified atom stereocenters. The SMILES string of the molecule is CC=NOS(=O)(=O)c1cccc2ccccc12. The predicted octanol–water partition coefficient (Wildman–Crippen LogP) is 2.55. The lowest BCUT2D eigenvalue weighted by atomic mass is 10.1. The maximum Gasteiger partial charge on any atom is 0.359 e. The van der Waals surface area contributed by atoms with E-state index in [9.17, 15) is 8.42 Å². The molecule has 0 amide bonds. The van der Waals surface area contributed by atoms with Gasteiger partial charge in [-0.3, -0.25) is 4.28 Å². The standard InChI is InChI=1S/C12H11NO3S/c1-2-13-16-17(14,15)12-9-5-7-10-6-3-4-8-11(10)12/h2-9H,1H3. The van der Waals surface area contributed by atoms with Gasteiger partial charge < -0.3 is 0 Å². The topological polar surface area (TPSA) is 55.7 Å². The number of oxime groups is 1. The summed E-state index contributed by atoms with van der Waals surface area (Å²) in [7, 11) is -3.85. The highest BCUT2D eigenvalue weighted by atomic mass is 32.2. The van der Waals surface area contributed by atoms with Crippen LogP contribution in [0.1, 0.15) is 6.92 Å². The molecule has 0 atom stereocenters. The summed E-state index contributed by atoms with van der Waals surface area (Å²) in [6.07, 6.45) is 1.28. The average molecular weight is 249 g/mol. The Morgan fingerprint density at radius 2 is 1.82 bits per heavy atom. The second-order valence-electron chi connectivity index (χ2n) is 3.37. The lowest BCUT2D eigenvalue weighted by molar-refractivity contribution is 0.341. The summed E-state index contributed by atoms with van der Waals surface area (Å²) in [5, 5.41) is 4.78. The molecular weight excluding hydrogens is 238 g/mol. The molecule has 0 radical (unpaired) electrons. The maximum atomic E-state index is 11.9. The summed E-state index contributed by atoms with van der Waals surface area (Å²) in [5.74, 6) is 0. The Morgan fingerprint density at radius 1 is 1.12 bits per heavy atom. The smallest absolute Gasteiger partial charge is 0.265 e. The monoisotopic (exact) mass is 249 g/mol. The van der Waals surface area contributed by atoms with Crippen molar-refractivity contribution < 1.29 is 12.7 Å². The highest BCUT2D eigenvalue weighted by Gasteiger charge is 2.18. The van der Waals surface area contributed by atoms with E-state index in [1.807, 2.05) is 18.2 Å². The van der Waals surface area contributed by atoms with Crippen LogP contribution in [-0.4, -0.2) is 14.6 Å². The Hall–Kier alpha value is -1.88. The molecule has 0 aliphatic rings. The van der Waals surface area contributed by atoms with Crippen molar-refractivity contribution >= 4 is 27.1 Å². The van der Waals surface area contributed by atoms with Gasteiger partial charge in [-0.1, -0.05) is 41.6 Å². The van der Waals surface area contributed by atoms with Gasteiger partial charge in [0.15, 0.2) is 0 Å². The van der Waals surface area contributed by atoms with Crippen LogP contribution in [0.3, 0.4) is 0 Å². The summed E-state index contributed by atoms with van der Waals surface area (Å²) in [4.78, 5) is 0.126. The fraction of sp³-hybridized carbons (Fsp3) is 0.0833. The van der Waals surface area contributed by atoms with Gasteiger partial charge in [0.25, 0.3) is 0 Å². The van der Waals surface area contributed by atoms with Crippen LogP contribution in [-0.2, 0) is 14.4 Å². The van der Waals surface area contributed by atoms with Crippen molar-refractivity contribution in [1.29, 1.82) is 0 Å². The van der Waals surface area contributed by atoms with Crippen molar-refractivity contribution in [3.63, 3.8) is 0 Å². The molecule has 4 nitrogen and oxygen atoms in total. The highest BCUT2D eigenvalue weighted by Crippen LogP contribution is 2.24. The molecule has 0 spiro atoms. The fourth-order valence-corrected chi connectivity index (χ4v) is 2.53. The molecule has 2 aromatic carbocycles. The minimum atomic E-state index is -3.85. The first-order valence-electron chi connectivity index (χ1n) is 5.04. The lowest BCUT2D eigenvalue weighted by Crippen LogP contribution is -2.03. The first kappa shape index (κ1) is 11.6. The van der Waals surface area contributed by atoms with Gasteiger partial charge in [-0.2, -0.15) is 8.42 Å². The average Bonchev–Trinajstić information content (AvgIpc) is 2.36. The van der Waals surface area contributed by atoms with E-state index < -0.39 is 10.1 Å². The fourth-order valence-electron chi connectivity index (χ4n) is 1.55. The second kappa shape index (κ2) is 4.55. The van der Waals surface area contributed by atoms with Crippen molar-refractivity contribution in [3.05, 3.63) is 42.5 Å². The number of hydrogen-bond acceptors (Lipinski definition) is 4. The van der Waals surface area contributed by atoms with Crippen molar-refractivity contribution in [2.24, 2.45) is 5.16 Å². The van der Waals surface area contributed by atoms with Gasteiger partial charge in [0.05, 0.1) is 0 Å². The summed E-state index contributed by atoms with van der Waals surface area (Å²) in [5.41, 5.74) is 0. The summed E-state index contributed by atoms with van der Waals surface area (Å²) in [6, 6.07) is 12.2. The summed E-state index contributed by atoms with van der Waals surface area (Å²) < 4.78 is 28.3. The zero-order valence-electron chi connectivity index (χ0n) is 9.20. The second-order valence-corrected chi connectivity index (χ2v) is 4.87. The van der Waals surface area contributed by atoms with Gasteiger partial charge in [-0.05, 0) is 18.4 Å². The third-order valence-electron chi connectivity index (χ3n) is 2.27. The predicted molar refractivity (Wildman–Crippen MR) is 66.4 cm³/mol. The van der Waals surface area contributed by atoms with E-state index in [-0.39, 0.29) is 4.90 Å². The third kappa shape index (κ3) is 2.29. The third-order valence-corrected chi connectivity index (χ3v) is 3.44. The van der Waals surface area contributed by atoms with Crippen LogP contribution >= 0.6 is 0 Å². The van der Waals surface area contributed by atoms with Crippen LogP contribution in [0.4, 0.5) is 0 Å². The molecular formula is C12H11NO3S. The number of hydrogen-bond donors (Lipinski definition) is 0. The Kier molecular flexibility index (Phi) is 3.10. The van der Waals surface area contributed by atoms with Crippen LogP contribution in [0.5, 0.6) is 0 Å². The van der Waals surface area contributed by atoms with Crippen molar-refractivity contribution in [3.8, 4) is 0 Å². The molecule has 0 aliphatic heterocycles. The minimum Gasteiger partial charge on any atom is -0.265 e. The molecule has 17 heavy (non-hydrogen) atoms. The van der Waals surface area contributed by atoms with E-state index in [4.69, 9.17) is 0 Å². The van der Waals surface area contributed by atoms with Crippen LogP contribution in [0.15, 0.2) is 52.5 Å². The molecule has 0 aliphatic carbocycles. The zero-order chi connectivity index (χ0) is 12.3. The number of benzene rings is 2. The van der Waals surface area contributed by atoms with E-state index in [1.54, 1.807) is 25.1 Å². The van der Waals surface area contributed by atoms with Crippen LogP contribution < -0.4 is 0 Å². The molecule has 2 rings (SSSR count). The van der Waals surface area contributed by atoms with Crippen molar-refractivity contribution in [2.75, 3.05) is 0 Å². The van der Waals surface area contributed by atoms with Gasteiger partial charge >= 0.3 is 10.1 Å². The summed E-state index contributed by atoms with van der Waals surface area (Å²) in [6.45, 7) is 1.58. The van der Waals surface area contributed by atoms with E-state index in [0.29, 0.717) is 5.39 Å². The largest absolute Gasteiger partial charge is 0.359 e. The van der Waals surface area contributed by atoms with E-state index in [1.165, 1.54) is 12.3 Å². The Balaban J connectivity index is 2.63. The van der Waals surface area contributed by atoms with Gasteiger partial charge in [0.2, 0.25) is 0 Å². The van der Waals surface area contributed by atoms with Gasteiger partial charge in [-0.25, -0.2) is 0 Å². The molecule has 0 saturated heterocycles. The first-order valence-corrected chi connectivity index (χ1v) is 6.45. The highest BCUT2D eigenvalue weighted by molar-refractivity contribution is 7.87. The molecule has 5 heteroatoms. The minimum absolute atomic E-state index is 0.126. The molecule has 0 aromatic heterocycles. The number of nitrogens with zero attached hydrogens (tertiary/aromatic N) is 1. The van der Waals surface area contributed by atoms with Gasteiger partial charge in [-0.15, -0.1) is 0 Å². The molecule has 2 aromatic rings. The normalized spacial score (nSPS) is 12.1. The van der Waals surface area contributed by atoms with Crippen LogP contribution in [0.25, 0.3) is 10.8 Å². The quantitative estimate of drug-likeness (QED) is 0.620. The molecule has 0 saturated carbocycles. The molecule has 0 N–H and O–H groups in total. The lowest BCUT2D eigenvalue weighted by Gasteiger charge is -2.05. The first-order chi connectivity index (χ1) is 8.15. The number of rotatable bonds is 3.